The van der Waals surface area contributed by atoms with E-state index < -0.39 is 11.8 Å². The molecule has 5 heteroatoms. The molecule has 0 fully saturated rings. The average molecular weight is 313 g/mol. The van der Waals surface area contributed by atoms with E-state index in [0.29, 0.717) is 17.8 Å². The van der Waals surface area contributed by atoms with E-state index in [0.717, 1.165) is 5.56 Å². The number of hydrogen-bond donors (Lipinski definition) is 1. The zero-order chi connectivity index (χ0) is 16.6. The number of hydrogen-bond acceptors (Lipinski definition) is 2. The molecule has 2 aromatic carbocycles. The van der Waals surface area contributed by atoms with Crippen LogP contribution in [0, 0.1) is 12.7 Å². The second-order valence-electron chi connectivity index (χ2n) is 5.31. The molecule has 0 aliphatic heterocycles. The van der Waals surface area contributed by atoms with Crippen molar-refractivity contribution in [3.05, 3.63) is 65.1 Å². The Kier molecular flexibility index (Phi) is 3.78. The van der Waals surface area contributed by atoms with Gasteiger partial charge in [-0.1, -0.05) is 30.3 Å². The molecular formula is C18H16FNO3. The summed E-state index contributed by atoms with van der Waals surface area (Å²) in [5.41, 5.74) is 2.05. The molecule has 0 saturated heterocycles. The van der Waals surface area contributed by atoms with Crippen molar-refractivity contribution in [2.75, 3.05) is 7.11 Å². The van der Waals surface area contributed by atoms with E-state index in [4.69, 9.17) is 4.74 Å². The summed E-state index contributed by atoms with van der Waals surface area (Å²) in [5.74, 6) is -1.75. The minimum atomic E-state index is -1.15. The van der Waals surface area contributed by atoms with Crippen molar-refractivity contribution in [3.63, 3.8) is 0 Å². The Balaban J connectivity index is 2.28. The lowest BCUT2D eigenvalue weighted by Gasteiger charge is -2.09. The largest absolute Gasteiger partial charge is 0.494 e. The first-order chi connectivity index (χ1) is 11.0. The monoisotopic (exact) mass is 313 g/mol. The summed E-state index contributed by atoms with van der Waals surface area (Å²) in [5, 5.41) is 9.60. The van der Waals surface area contributed by atoms with Gasteiger partial charge in [0.1, 0.15) is 0 Å². The van der Waals surface area contributed by atoms with Gasteiger partial charge in [-0.25, -0.2) is 9.18 Å². The number of carboxylic acid groups (broad SMARTS) is 1. The number of nitrogens with zero attached hydrogens (tertiary/aromatic N) is 1. The van der Waals surface area contributed by atoms with Gasteiger partial charge in [0.05, 0.1) is 23.6 Å². The summed E-state index contributed by atoms with van der Waals surface area (Å²) in [6.07, 6.45) is 0. The van der Waals surface area contributed by atoms with Gasteiger partial charge < -0.3 is 14.4 Å². The van der Waals surface area contributed by atoms with Gasteiger partial charge in [-0.3, -0.25) is 0 Å². The minimum absolute atomic E-state index is 0.0210. The van der Waals surface area contributed by atoms with E-state index in [1.165, 1.54) is 13.2 Å². The first-order valence-electron chi connectivity index (χ1n) is 7.17. The van der Waals surface area contributed by atoms with Gasteiger partial charge in [-0.05, 0) is 24.6 Å². The number of fused-ring (bicyclic) bond motifs is 1. The molecule has 1 N–H and O–H groups in total. The van der Waals surface area contributed by atoms with Crippen molar-refractivity contribution in [2.24, 2.45) is 0 Å². The van der Waals surface area contributed by atoms with Crippen molar-refractivity contribution < 1.29 is 19.0 Å². The molecule has 0 atom stereocenters. The fraction of sp³-hybridized carbons (Fsp3) is 0.167. The quantitative estimate of drug-likeness (QED) is 0.796. The SMILES string of the molecule is COc1ccc2c(c1F)c(C(=O)O)c(C)n2Cc1ccccc1. The number of halogens is 1. The number of carbonyl (C=O) groups is 1. The van der Waals surface area contributed by atoms with Crippen molar-refractivity contribution in [1.82, 2.24) is 4.57 Å². The molecular weight excluding hydrogens is 297 g/mol. The lowest BCUT2D eigenvalue weighted by molar-refractivity contribution is 0.0697. The topological polar surface area (TPSA) is 51.5 Å². The van der Waals surface area contributed by atoms with Crippen LogP contribution >= 0.6 is 0 Å². The molecule has 3 rings (SSSR count). The summed E-state index contributed by atoms with van der Waals surface area (Å²) < 4.78 is 21.4. The third-order valence-electron chi connectivity index (χ3n) is 4.01. The van der Waals surface area contributed by atoms with Crippen LogP contribution in [0.4, 0.5) is 4.39 Å². The molecule has 118 valence electrons. The predicted octanol–water partition coefficient (Wildman–Crippen LogP) is 3.84. The van der Waals surface area contributed by atoms with Crippen LogP contribution in [0.5, 0.6) is 5.75 Å². The molecule has 0 radical (unpaired) electrons. The standard InChI is InChI=1S/C18H16FNO3/c1-11-15(18(21)22)16-13(8-9-14(23-2)17(16)19)20(11)10-12-6-4-3-5-7-12/h3-9H,10H2,1-2H3,(H,21,22). The Bertz CT molecular complexity index is 884. The predicted molar refractivity (Wildman–Crippen MR) is 85.7 cm³/mol. The number of benzene rings is 2. The zero-order valence-electron chi connectivity index (χ0n) is 12.8. The Morgan fingerprint density at radius 2 is 1.91 bits per heavy atom. The van der Waals surface area contributed by atoms with Gasteiger partial charge in [-0.2, -0.15) is 0 Å². The van der Waals surface area contributed by atoms with Gasteiger partial charge >= 0.3 is 5.97 Å². The molecule has 4 nitrogen and oxygen atoms in total. The van der Waals surface area contributed by atoms with Crippen LogP contribution in [0.15, 0.2) is 42.5 Å². The molecule has 0 aliphatic carbocycles. The first kappa shape index (κ1) is 15.1. The average Bonchev–Trinajstić information content (AvgIpc) is 2.82. The van der Waals surface area contributed by atoms with Crippen LogP contribution in [0.2, 0.25) is 0 Å². The van der Waals surface area contributed by atoms with E-state index in [9.17, 15) is 14.3 Å². The third kappa shape index (κ3) is 2.44. The molecule has 3 aromatic rings. The van der Waals surface area contributed by atoms with Crippen LogP contribution in [0.1, 0.15) is 21.6 Å². The third-order valence-corrected chi connectivity index (χ3v) is 4.01. The fourth-order valence-electron chi connectivity index (χ4n) is 2.90. The summed E-state index contributed by atoms with van der Waals surface area (Å²) in [7, 11) is 1.36. The lowest BCUT2D eigenvalue weighted by atomic mass is 10.1. The molecule has 0 amide bonds. The van der Waals surface area contributed by atoms with Crippen LogP contribution in [0.25, 0.3) is 10.9 Å². The highest BCUT2D eigenvalue weighted by molar-refractivity contribution is 6.05. The zero-order valence-corrected chi connectivity index (χ0v) is 12.8. The second kappa shape index (κ2) is 5.76. The highest BCUT2D eigenvalue weighted by atomic mass is 19.1. The summed E-state index contributed by atoms with van der Waals surface area (Å²) >= 11 is 0. The first-order valence-corrected chi connectivity index (χ1v) is 7.17. The van der Waals surface area contributed by atoms with Crippen molar-refractivity contribution in [2.45, 2.75) is 13.5 Å². The van der Waals surface area contributed by atoms with Crippen molar-refractivity contribution >= 4 is 16.9 Å². The molecule has 0 saturated carbocycles. The number of aromatic carboxylic acids is 1. The van der Waals surface area contributed by atoms with Crippen LogP contribution < -0.4 is 4.74 Å². The van der Waals surface area contributed by atoms with E-state index >= 15 is 0 Å². The smallest absolute Gasteiger partial charge is 0.338 e. The van der Waals surface area contributed by atoms with Gasteiger partial charge in [0.25, 0.3) is 0 Å². The molecule has 1 heterocycles. The van der Waals surface area contributed by atoms with E-state index in [1.54, 1.807) is 13.0 Å². The minimum Gasteiger partial charge on any atom is -0.494 e. The number of aromatic nitrogens is 1. The number of rotatable bonds is 4. The second-order valence-corrected chi connectivity index (χ2v) is 5.31. The van der Waals surface area contributed by atoms with Crippen LogP contribution in [-0.4, -0.2) is 22.8 Å². The van der Waals surface area contributed by atoms with E-state index in [-0.39, 0.29) is 16.7 Å². The Morgan fingerprint density at radius 1 is 1.22 bits per heavy atom. The maximum absolute atomic E-state index is 14.6. The van der Waals surface area contributed by atoms with E-state index in [2.05, 4.69) is 0 Å². The lowest BCUT2D eigenvalue weighted by Crippen LogP contribution is -2.04. The van der Waals surface area contributed by atoms with Crippen LogP contribution in [-0.2, 0) is 6.54 Å². The molecule has 0 aliphatic rings. The number of ether oxygens (including phenoxy) is 1. The van der Waals surface area contributed by atoms with Gasteiger partial charge in [0.15, 0.2) is 11.6 Å². The molecule has 1 aromatic heterocycles. The Labute approximate surface area is 132 Å². The van der Waals surface area contributed by atoms with Gasteiger partial charge in [0.2, 0.25) is 0 Å². The Hall–Kier alpha value is -2.82. The van der Waals surface area contributed by atoms with Crippen molar-refractivity contribution in [3.8, 4) is 5.75 Å². The van der Waals surface area contributed by atoms with Crippen LogP contribution in [0.3, 0.4) is 0 Å². The van der Waals surface area contributed by atoms with Gasteiger partial charge in [0, 0.05) is 12.2 Å². The van der Waals surface area contributed by atoms with Crippen molar-refractivity contribution in [1.29, 1.82) is 0 Å². The highest BCUT2D eigenvalue weighted by Gasteiger charge is 2.24. The van der Waals surface area contributed by atoms with Gasteiger partial charge in [-0.15, -0.1) is 0 Å². The summed E-state index contributed by atoms with van der Waals surface area (Å²) in [6.45, 7) is 2.17. The highest BCUT2D eigenvalue weighted by Crippen LogP contribution is 2.33. The molecule has 0 bridgehead atoms. The molecule has 0 spiro atoms. The maximum Gasteiger partial charge on any atom is 0.338 e. The normalized spacial score (nSPS) is 10.9. The molecule has 0 unspecified atom stereocenters. The van der Waals surface area contributed by atoms with E-state index in [1.807, 2.05) is 34.9 Å². The molecule has 23 heavy (non-hydrogen) atoms. The number of methoxy groups -OCH3 is 1. The number of carboxylic acids is 1. The summed E-state index contributed by atoms with van der Waals surface area (Å²) in [6, 6.07) is 12.9. The fourth-order valence-corrected chi connectivity index (χ4v) is 2.90. The summed E-state index contributed by atoms with van der Waals surface area (Å²) in [4.78, 5) is 11.6. The maximum atomic E-state index is 14.6. The Morgan fingerprint density at radius 3 is 2.52 bits per heavy atom.